The van der Waals surface area contributed by atoms with Crippen LogP contribution in [0.4, 0.5) is 5.69 Å². The number of amides is 2. The molecule has 0 atom stereocenters. The van der Waals surface area contributed by atoms with Gasteiger partial charge in [-0.25, -0.2) is 4.98 Å². The first-order valence-electron chi connectivity index (χ1n) is 8.98. The molecule has 1 saturated carbocycles. The molecular weight excluding hydrogens is 348 g/mol. The highest BCUT2D eigenvalue weighted by Crippen LogP contribution is 2.25. The highest BCUT2D eigenvalue weighted by atomic mass is 32.1. The Hall–Kier alpha value is -2.25. The van der Waals surface area contributed by atoms with Gasteiger partial charge in [0, 0.05) is 30.1 Å². The number of hydrogen-bond acceptors (Lipinski definition) is 5. The van der Waals surface area contributed by atoms with E-state index in [9.17, 15) is 9.59 Å². The summed E-state index contributed by atoms with van der Waals surface area (Å²) in [5, 5.41) is 8.30. The molecule has 138 valence electrons. The third-order valence-corrected chi connectivity index (χ3v) is 5.45. The number of benzene rings is 1. The number of aromatic nitrogens is 1. The van der Waals surface area contributed by atoms with E-state index in [1.54, 1.807) is 5.38 Å². The zero-order chi connectivity index (χ0) is 18.4. The molecule has 0 unspecified atom stereocenters. The fourth-order valence-electron chi connectivity index (χ4n) is 3.15. The van der Waals surface area contributed by atoms with Crippen molar-refractivity contribution in [3.8, 4) is 0 Å². The number of thiazole rings is 1. The average molecular weight is 372 g/mol. The lowest BCUT2D eigenvalue weighted by Crippen LogP contribution is -2.25. The number of carbonyl (C=O) groups excluding carboxylic acids is 2. The van der Waals surface area contributed by atoms with Crippen molar-refractivity contribution in [1.82, 2.24) is 10.3 Å². The van der Waals surface area contributed by atoms with Crippen molar-refractivity contribution in [1.29, 1.82) is 0 Å². The lowest BCUT2D eigenvalue weighted by molar-refractivity contribution is -0.120. The monoisotopic (exact) mass is 372 g/mol. The number of nitrogens with one attached hydrogen (secondary N) is 2. The SMILES string of the molecule is NCc1nc(C(=O)NCc2cccc(NC(=O)C3CCCCC3)c2)cs1. The third kappa shape index (κ3) is 4.89. The van der Waals surface area contributed by atoms with Gasteiger partial charge in [-0.15, -0.1) is 11.3 Å². The predicted octanol–water partition coefficient (Wildman–Crippen LogP) is 3.05. The van der Waals surface area contributed by atoms with E-state index in [1.807, 2.05) is 24.3 Å². The number of carbonyl (C=O) groups is 2. The fourth-order valence-corrected chi connectivity index (χ4v) is 3.80. The van der Waals surface area contributed by atoms with E-state index in [0.29, 0.717) is 18.8 Å². The van der Waals surface area contributed by atoms with Gasteiger partial charge in [-0.1, -0.05) is 31.4 Å². The minimum absolute atomic E-state index is 0.0997. The molecule has 1 aliphatic rings. The summed E-state index contributed by atoms with van der Waals surface area (Å²) < 4.78 is 0. The normalized spacial score (nSPS) is 14.8. The van der Waals surface area contributed by atoms with Crippen LogP contribution in [0.5, 0.6) is 0 Å². The molecule has 0 saturated heterocycles. The van der Waals surface area contributed by atoms with E-state index < -0.39 is 0 Å². The lowest BCUT2D eigenvalue weighted by atomic mass is 9.88. The molecule has 0 radical (unpaired) electrons. The molecule has 4 N–H and O–H groups in total. The highest BCUT2D eigenvalue weighted by Gasteiger charge is 2.21. The van der Waals surface area contributed by atoms with E-state index in [4.69, 9.17) is 5.73 Å². The quantitative estimate of drug-likeness (QED) is 0.726. The van der Waals surface area contributed by atoms with Crippen molar-refractivity contribution in [2.24, 2.45) is 11.7 Å². The van der Waals surface area contributed by atoms with Crippen LogP contribution in [0.1, 0.15) is 53.2 Å². The van der Waals surface area contributed by atoms with Crippen LogP contribution in [0.15, 0.2) is 29.6 Å². The van der Waals surface area contributed by atoms with Crippen LogP contribution in [-0.4, -0.2) is 16.8 Å². The second-order valence-electron chi connectivity index (χ2n) is 6.54. The second-order valence-corrected chi connectivity index (χ2v) is 7.48. The van der Waals surface area contributed by atoms with Crippen molar-refractivity contribution >= 4 is 28.8 Å². The molecule has 1 fully saturated rings. The van der Waals surface area contributed by atoms with Gasteiger partial charge in [-0.3, -0.25) is 9.59 Å². The van der Waals surface area contributed by atoms with E-state index in [0.717, 1.165) is 41.9 Å². The molecule has 6 nitrogen and oxygen atoms in total. The van der Waals surface area contributed by atoms with Gasteiger partial charge in [-0.2, -0.15) is 0 Å². The number of rotatable bonds is 6. The molecule has 2 aromatic rings. The van der Waals surface area contributed by atoms with Gasteiger partial charge < -0.3 is 16.4 Å². The molecule has 1 aromatic carbocycles. The molecule has 0 bridgehead atoms. The van der Waals surface area contributed by atoms with Gasteiger partial charge in [0.15, 0.2) is 0 Å². The van der Waals surface area contributed by atoms with Gasteiger partial charge >= 0.3 is 0 Å². The number of nitrogens with two attached hydrogens (primary N) is 1. The van der Waals surface area contributed by atoms with Crippen LogP contribution in [0.2, 0.25) is 0 Å². The standard InChI is InChI=1S/C19H24N4O2S/c20-10-17-23-16(12-26-17)19(25)21-11-13-5-4-8-15(9-13)22-18(24)14-6-2-1-3-7-14/h4-5,8-9,12,14H,1-3,6-7,10-11,20H2,(H,21,25)(H,22,24). The summed E-state index contributed by atoms with van der Waals surface area (Å²) in [5.41, 5.74) is 7.60. The second kappa shape index (κ2) is 8.91. The Kier molecular flexibility index (Phi) is 6.35. The minimum atomic E-state index is -0.224. The third-order valence-electron chi connectivity index (χ3n) is 4.58. The smallest absolute Gasteiger partial charge is 0.271 e. The summed E-state index contributed by atoms with van der Waals surface area (Å²) in [4.78, 5) is 28.7. The molecule has 1 aliphatic carbocycles. The van der Waals surface area contributed by atoms with Crippen LogP contribution in [0.3, 0.4) is 0 Å². The van der Waals surface area contributed by atoms with Gasteiger partial charge in [0.05, 0.1) is 0 Å². The number of nitrogens with zero attached hydrogens (tertiary/aromatic N) is 1. The maximum Gasteiger partial charge on any atom is 0.271 e. The first kappa shape index (κ1) is 18.5. The highest BCUT2D eigenvalue weighted by molar-refractivity contribution is 7.09. The van der Waals surface area contributed by atoms with Crippen molar-refractivity contribution in [3.63, 3.8) is 0 Å². The van der Waals surface area contributed by atoms with E-state index in [-0.39, 0.29) is 17.7 Å². The van der Waals surface area contributed by atoms with Gasteiger partial charge in [0.2, 0.25) is 5.91 Å². The Morgan fingerprint density at radius 2 is 2.04 bits per heavy atom. The zero-order valence-corrected chi connectivity index (χ0v) is 15.5. The molecule has 3 rings (SSSR count). The van der Waals surface area contributed by atoms with E-state index in [1.165, 1.54) is 17.8 Å². The first-order chi connectivity index (χ1) is 12.7. The average Bonchev–Trinajstić information content (AvgIpc) is 3.16. The Morgan fingerprint density at radius 3 is 2.77 bits per heavy atom. The summed E-state index contributed by atoms with van der Waals surface area (Å²) in [5.74, 6) is -0.00576. The van der Waals surface area contributed by atoms with Crippen LogP contribution in [0.25, 0.3) is 0 Å². The van der Waals surface area contributed by atoms with E-state index in [2.05, 4.69) is 15.6 Å². The van der Waals surface area contributed by atoms with Crippen molar-refractivity contribution in [2.45, 2.75) is 45.2 Å². The molecule has 0 spiro atoms. The largest absolute Gasteiger partial charge is 0.347 e. The van der Waals surface area contributed by atoms with Crippen LogP contribution < -0.4 is 16.4 Å². The predicted molar refractivity (Wildman–Crippen MR) is 103 cm³/mol. The molecular formula is C19H24N4O2S. The molecule has 0 aliphatic heterocycles. The molecule has 2 amide bonds. The molecule has 26 heavy (non-hydrogen) atoms. The Bertz CT molecular complexity index is 768. The van der Waals surface area contributed by atoms with Crippen molar-refractivity contribution in [2.75, 3.05) is 5.32 Å². The van der Waals surface area contributed by atoms with Crippen LogP contribution in [0, 0.1) is 5.92 Å². The first-order valence-corrected chi connectivity index (χ1v) is 9.86. The van der Waals surface area contributed by atoms with Gasteiger partial charge in [-0.05, 0) is 30.5 Å². The summed E-state index contributed by atoms with van der Waals surface area (Å²) in [7, 11) is 0. The number of hydrogen-bond donors (Lipinski definition) is 3. The van der Waals surface area contributed by atoms with Crippen LogP contribution >= 0.6 is 11.3 Å². The fraction of sp³-hybridized carbons (Fsp3) is 0.421. The number of anilines is 1. The Balaban J connectivity index is 1.55. The van der Waals surface area contributed by atoms with Crippen molar-refractivity contribution in [3.05, 3.63) is 45.9 Å². The van der Waals surface area contributed by atoms with Gasteiger partial charge in [0.1, 0.15) is 10.7 Å². The molecule has 1 aromatic heterocycles. The molecule has 1 heterocycles. The summed E-state index contributed by atoms with van der Waals surface area (Å²) in [6.07, 6.45) is 5.43. The molecule has 7 heteroatoms. The summed E-state index contributed by atoms with van der Waals surface area (Å²) in [6, 6.07) is 7.57. The van der Waals surface area contributed by atoms with Gasteiger partial charge in [0.25, 0.3) is 5.91 Å². The maximum atomic E-state index is 12.4. The summed E-state index contributed by atoms with van der Waals surface area (Å²) in [6.45, 7) is 0.710. The lowest BCUT2D eigenvalue weighted by Gasteiger charge is -2.20. The Morgan fingerprint density at radius 1 is 1.23 bits per heavy atom. The topological polar surface area (TPSA) is 97.1 Å². The maximum absolute atomic E-state index is 12.4. The zero-order valence-electron chi connectivity index (χ0n) is 14.7. The minimum Gasteiger partial charge on any atom is -0.347 e. The Labute approximate surface area is 157 Å². The van der Waals surface area contributed by atoms with Crippen molar-refractivity contribution < 1.29 is 9.59 Å². The van der Waals surface area contributed by atoms with E-state index >= 15 is 0 Å². The van der Waals surface area contributed by atoms with Crippen LogP contribution in [-0.2, 0) is 17.9 Å². The summed E-state index contributed by atoms with van der Waals surface area (Å²) >= 11 is 1.38.